The fourth-order valence-electron chi connectivity index (χ4n) is 4.11. The number of carbonyl (C=O) groups excluding carboxylic acids is 1. The Morgan fingerprint density at radius 3 is 2.81 bits per heavy atom. The highest BCUT2D eigenvalue weighted by atomic mass is 16.5. The van der Waals surface area contributed by atoms with Crippen LogP contribution in [0, 0.1) is 6.92 Å². The minimum atomic E-state index is -0.115. The molecular formula is C22H35N3O2. The van der Waals surface area contributed by atoms with Crippen molar-refractivity contribution in [2.45, 2.75) is 58.2 Å². The summed E-state index contributed by atoms with van der Waals surface area (Å²) in [5.74, 6) is 0.155. The molecule has 2 aliphatic rings. The highest BCUT2D eigenvalue weighted by Crippen LogP contribution is 2.16. The van der Waals surface area contributed by atoms with Crippen LogP contribution in [0.15, 0.2) is 24.3 Å². The van der Waals surface area contributed by atoms with Gasteiger partial charge in [-0.05, 0) is 38.3 Å². The van der Waals surface area contributed by atoms with Gasteiger partial charge in [0.1, 0.15) is 6.04 Å². The lowest BCUT2D eigenvalue weighted by Gasteiger charge is -2.37. The number of nitrogens with zero attached hydrogens (tertiary/aromatic N) is 2. The Morgan fingerprint density at radius 2 is 2.07 bits per heavy atom. The molecule has 1 atom stereocenters. The molecule has 2 heterocycles. The summed E-state index contributed by atoms with van der Waals surface area (Å²) in [5, 5.41) is 3.30. The molecule has 2 saturated heterocycles. The summed E-state index contributed by atoms with van der Waals surface area (Å²) >= 11 is 0. The van der Waals surface area contributed by atoms with Crippen molar-refractivity contribution in [2.24, 2.45) is 0 Å². The molecule has 0 saturated carbocycles. The highest BCUT2D eigenvalue weighted by Gasteiger charge is 2.31. The van der Waals surface area contributed by atoms with Gasteiger partial charge in [0.25, 0.3) is 0 Å². The zero-order chi connectivity index (χ0) is 19.1. The molecule has 3 rings (SSSR count). The lowest BCUT2D eigenvalue weighted by atomic mass is 10.0. The van der Waals surface area contributed by atoms with Crippen molar-refractivity contribution in [2.75, 3.05) is 39.4 Å². The fraction of sp³-hybridized carbons (Fsp3) is 0.682. The maximum absolute atomic E-state index is 12.8. The zero-order valence-electron chi connectivity index (χ0n) is 17.0. The number of amides is 1. The van der Waals surface area contributed by atoms with Crippen molar-refractivity contribution in [3.63, 3.8) is 0 Å². The SMILES string of the molecule is CCCCN1CCOCC1C(=O)NC1CCN(Cc2cccc(C)c2)CC1. The third kappa shape index (κ3) is 6.03. The van der Waals surface area contributed by atoms with Gasteiger partial charge in [-0.2, -0.15) is 0 Å². The number of piperidine rings is 1. The number of benzene rings is 1. The Kier molecular flexibility index (Phi) is 7.68. The van der Waals surface area contributed by atoms with Gasteiger partial charge in [0.05, 0.1) is 13.2 Å². The molecule has 150 valence electrons. The Morgan fingerprint density at radius 1 is 1.26 bits per heavy atom. The summed E-state index contributed by atoms with van der Waals surface area (Å²) in [6, 6.07) is 8.92. The first-order valence-corrected chi connectivity index (χ1v) is 10.6. The minimum absolute atomic E-state index is 0.115. The second-order valence-electron chi connectivity index (χ2n) is 8.03. The quantitative estimate of drug-likeness (QED) is 0.798. The molecule has 1 aromatic rings. The Bertz CT molecular complexity index is 599. The van der Waals surface area contributed by atoms with Gasteiger partial charge in [-0.15, -0.1) is 0 Å². The van der Waals surface area contributed by atoms with Gasteiger partial charge < -0.3 is 10.1 Å². The van der Waals surface area contributed by atoms with Crippen LogP contribution < -0.4 is 5.32 Å². The highest BCUT2D eigenvalue weighted by molar-refractivity contribution is 5.82. The van der Waals surface area contributed by atoms with E-state index >= 15 is 0 Å². The number of rotatable bonds is 7. The summed E-state index contributed by atoms with van der Waals surface area (Å²) in [7, 11) is 0. The number of aryl methyl sites for hydroxylation is 1. The van der Waals surface area contributed by atoms with Gasteiger partial charge in [0, 0.05) is 32.2 Å². The van der Waals surface area contributed by atoms with Gasteiger partial charge in [0.2, 0.25) is 5.91 Å². The zero-order valence-corrected chi connectivity index (χ0v) is 17.0. The number of hydrogen-bond acceptors (Lipinski definition) is 4. The average Bonchev–Trinajstić information content (AvgIpc) is 2.68. The van der Waals surface area contributed by atoms with Gasteiger partial charge in [0.15, 0.2) is 0 Å². The van der Waals surface area contributed by atoms with Crippen molar-refractivity contribution >= 4 is 5.91 Å². The van der Waals surface area contributed by atoms with E-state index in [1.165, 1.54) is 11.1 Å². The van der Waals surface area contributed by atoms with Crippen LogP contribution in [0.4, 0.5) is 0 Å². The maximum atomic E-state index is 12.8. The maximum Gasteiger partial charge on any atom is 0.239 e. The predicted octanol–water partition coefficient (Wildman–Crippen LogP) is 2.58. The topological polar surface area (TPSA) is 44.8 Å². The van der Waals surface area contributed by atoms with Crippen LogP contribution in [-0.2, 0) is 16.1 Å². The van der Waals surface area contributed by atoms with Crippen molar-refractivity contribution in [1.29, 1.82) is 0 Å². The molecule has 0 spiro atoms. The van der Waals surface area contributed by atoms with E-state index in [4.69, 9.17) is 4.74 Å². The molecule has 5 heteroatoms. The van der Waals surface area contributed by atoms with E-state index in [2.05, 4.69) is 53.2 Å². The van der Waals surface area contributed by atoms with E-state index < -0.39 is 0 Å². The molecule has 1 amide bonds. The largest absolute Gasteiger partial charge is 0.378 e. The molecule has 0 bridgehead atoms. The van der Waals surface area contributed by atoms with Crippen LogP contribution in [0.25, 0.3) is 0 Å². The summed E-state index contributed by atoms with van der Waals surface area (Å²) in [6.45, 7) is 10.6. The lowest BCUT2D eigenvalue weighted by Crippen LogP contribution is -2.56. The standard InChI is InChI=1S/C22H35N3O2/c1-3-4-10-25-13-14-27-17-21(25)22(26)23-20-8-11-24(12-9-20)16-19-7-5-6-18(2)15-19/h5-7,15,20-21H,3-4,8-14,16-17H2,1-2H3,(H,23,26). The van der Waals surface area contributed by atoms with E-state index in [-0.39, 0.29) is 11.9 Å². The fourth-order valence-corrected chi connectivity index (χ4v) is 4.11. The van der Waals surface area contributed by atoms with Crippen LogP contribution >= 0.6 is 0 Å². The number of ether oxygens (including phenoxy) is 1. The van der Waals surface area contributed by atoms with Gasteiger partial charge in [-0.1, -0.05) is 43.2 Å². The number of nitrogens with one attached hydrogen (secondary N) is 1. The number of unbranched alkanes of at least 4 members (excludes halogenated alkanes) is 1. The van der Waals surface area contributed by atoms with Gasteiger partial charge in [-0.3, -0.25) is 14.6 Å². The third-order valence-corrected chi connectivity index (χ3v) is 5.76. The molecule has 0 aromatic heterocycles. The molecule has 2 fully saturated rings. The van der Waals surface area contributed by atoms with E-state index in [1.807, 2.05) is 0 Å². The molecule has 0 aliphatic carbocycles. The first-order valence-electron chi connectivity index (χ1n) is 10.6. The van der Waals surface area contributed by atoms with Crippen LogP contribution in [0.1, 0.15) is 43.7 Å². The van der Waals surface area contributed by atoms with Crippen molar-refractivity contribution in [3.8, 4) is 0 Å². The summed E-state index contributed by atoms with van der Waals surface area (Å²) in [5.41, 5.74) is 2.69. The number of likely N-dealkylation sites (tertiary alicyclic amines) is 1. The number of carbonyl (C=O) groups is 1. The Balaban J connectivity index is 1.44. The second kappa shape index (κ2) is 10.2. The minimum Gasteiger partial charge on any atom is -0.378 e. The average molecular weight is 374 g/mol. The van der Waals surface area contributed by atoms with Gasteiger partial charge in [-0.25, -0.2) is 0 Å². The first-order chi connectivity index (χ1) is 13.2. The van der Waals surface area contributed by atoms with E-state index in [1.54, 1.807) is 0 Å². The van der Waals surface area contributed by atoms with E-state index in [0.717, 1.165) is 65.0 Å². The normalized spacial score (nSPS) is 22.7. The molecule has 5 nitrogen and oxygen atoms in total. The molecule has 27 heavy (non-hydrogen) atoms. The molecule has 0 radical (unpaired) electrons. The molecule has 1 N–H and O–H groups in total. The summed E-state index contributed by atoms with van der Waals surface area (Å²) < 4.78 is 5.58. The van der Waals surface area contributed by atoms with Crippen LogP contribution in [0.3, 0.4) is 0 Å². The molecule has 1 aromatic carbocycles. The number of hydrogen-bond donors (Lipinski definition) is 1. The van der Waals surface area contributed by atoms with Crippen molar-refractivity contribution < 1.29 is 9.53 Å². The van der Waals surface area contributed by atoms with Crippen LogP contribution in [0.2, 0.25) is 0 Å². The predicted molar refractivity (Wildman–Crippen MR) is 109 cm³/mol. The first kappa shape index (κ1) is 20.3. The van der Waals surface area contributed by atoms with E-state index in [9.17, 15) is 4.79 Å². The second-order valence-corrected chi connectivity index (χ2v) is 8.03. The lowest BCUT2D eigenvalue weighted by molar-refractivity contribution is -0.133. The Labute approximate surface area is 164 Å². The summed E-state index contributed by atoms with van der Waals surface area (Å²) in [6.07, 6.45) is 4.35. The number of morpholine rings is 1. The van der Waals surface area contributed by atoms with Gasteiger partial charge >= 0.3 is 0 Å². The Hall–Kier alpha value is -1.43. The molecular weight excluding hydrogens is 338 g/mol. The monoisotopic (exact) mass is 373 g/mol. The van der Waals surface area contributed by atoms with Crippen molar-refractivity contribution in [1.82, 2.24) is 15.1 Å². The van der Waals surface area contributed by atoms with Crippen LogP contribution in [-0.4, -0.2) is 67.2 Å². The smallest absolute Gasteiger partial charge is 0.239 e. The third-order valence-electron chi connectivity index (χ3n) is 5.76. The summed E-state index contributed by atoms with van der Waals surface area (Å²) in [4.78, 5) is 17.6. The van der Waals surface area contributed by atoms with E-state index in [0.29, 0.717) is 12.6 Å². The molecule has 1 unspecified atom stereocenters. The van der Waals surface area contributed by atoms with Crippen LogP contribution in [0.5, 0.6) is 0 Å². The molecule has 2 aliphatic heterocycles. The van der Waals surface area contributed by atoms with Crippen molar-refractivity contribution in [3.05, 3.63) is 35.4 Å².